The van der Waals surface area contributed by atoms with E-state index in [1.165, 1.54) is 36.7 Å². The van der Waals surface area contributed by atoms with Crippen molar-refractivity contribution < 1.29 is 32.3 Å². The molecule has 0 aliphatic carbocycles. The van der Waals surface area contributed by atoms with E-state index in [4.69, 9.17) is 23.2 Å². The zero-order valence-electron chi connectivity index (χ0n) is 25.4. The van der Waals surface area contributed by atoms with Gasteiger partial charge in [-0.15, -0.1) is 0 Å². The van der Waals surface area contributed by atoms with E-state index in [9.17, 15) is 37.6 Å². The van der Waals surface area contributed by atoms with Crippen molar-refractivity contribution in [1.29, 1.82) is 5.26 Å². The number of carbonyl (C=O) groups excluding carboxylic acids is 2. The van der Waals surface area contributed by atoms with Gasteiger partial charge in [0.2, 0.25) is 15.9 Å². The van der Waals surface area contributed by atoms with Crippen LogP contribution < -0.4 is 10.6 Å². The number of alkyl halides is 1. The first kappa shape index (κ1) is 35.2. The van der Waals surface area contributed by atoms with Crippen LogP contribution in [-0.4, -0.2) is 89.4 Å². The molecule has 16 heteroatoms. The summed E-state index contributed by atoms with van der Waals surface area (Å²) in [5, 5.41) is 24.6. The van der Waals surface area contributed by atoms with Crippen molar-refractivity contribution in [2.75, 3.05) is 25.0 Å². The zero-order valence-corrected chi connectivity index (χ0v) is 27.7. The summed E-state index contributed by atoms with van der Waals surface area (Å²) in [5.41, 5.74) is 1.03. The number of hydrogen-bond acceptors (Lipinski definition) is 8. The Hall–Kier alpha value is -4.13. The Kier molecular flexibility index (Phi) is 11.0. The maximum atomic E-state index is 14.3. The SMILES string of the molecule is N#Cc1cccc(S(=O)(=O)N2C[C@H](N3CCCC(F)C3)C[C@H]2C(=O)N[C@@H](Cc2ccc(NC(=O)c3c(Cl)cncc3Cl)cc2)C(=O)O)c1. The van der Waals surface area contributed by atoms with Crippen molar-refractivity contribution in [3.05, 3.63) is 87.7 Å². The number of nitrogens with zero attached hydrogens (tertiary/aromatic N) is 4. The Morgan fingerprint density at radius 1 is 1.10 bits per heavy atom. The molecule has 2 amide bonds. The highest BCUT2D eigenvalue weighted by molar-refractivity contribution is 7.89. The van der Waals surface area contributed by atoms with Crippen LogP contribution in [0.4, 0.5) is 10.1 Å². The molecule has 4 atom stereocenters. The van der Waals surface area contributed by atoms with Gasteiger partial charge in [-0.3, -0.25) is 19.5 Å². The van der Waals surface area contributed by atoms with E-state index in [1.807, 2.05) is 11.0 Å². The predicted octanol–water partition coefficient (Wildman–Crippen LogP) is 3.89. The Bertz CT molecular complexity index is 1840. The molecule has 0 saturated carbocycles. The number of aliphatic carboxylic acids is 1. The predicted molar refractivity (Wildman–Crippen MR) is 175 cm³/mol. The van der Waals surface area contributed by atoms with E-state index >= 15 is 0 Å². The Morgan fingerprint density at radius 2 is 1.81 bits per heavy atom. The zero-order chi connectivity index (χ0) is 34.6. The molecule has 3 N–H and O–H groups in total. The number of likely N-dealkylation sites (tertiary alicyclic amines) is 1. The van der Waals surface area contributed by atoms with Gasteiger partial charge in [-0.2, -0.15) is 9.57 Å². The van der Waals surface area contributed by atoms with Gasteiger partial charge in [-0.05, 0) is 61.7 Å². The molecule has 0 spiro atoms. The third-order valence-electron chi connectivity index (χ3n) is 8.36. The monoisotopic (exact) mass is 716 g/mol. The van der Waals surface area contributed by atoms with Crippen molar-refractivity contribution >= 4 is 56.7 Å². The van der Waals surface area contributed by atoms with E-state index in [0.29, 0.717) is 30.6 Å². The summed E-state index contributed by atoms with van der Waals surface area (Å²) in [6.45, 7) is 0.534. The van der Waals surface area contributed by atoms with Crippen molar-refractivity contribution in [1.82, 2.24) is 19.5 Å². The number of pyridine rings is 1. The first-order valence-electron chi connectivity index (χ1n) is 15.0. The molecular formula is C32H31Cl2FN6O6S. The number of nitrogens with one attached hydrogen (secondary N) is 2. The number of amides is 2. The van der Waals surface area contributed by atoms with Crippen LogP contribution >= 0.6 is 23.2 Å². The molecule has 5 rings (SSSR count). The first-order chi connectivity index (χ1) is 22.9. The molecule has 252 valence electrons. The van der Waals surface area contributed by atoms with Crippen molar-refractivity contribution in [2.45, 2.75) is 54.9 Å². The molecule has 1 aromatic heterocycles. The fourth-order valence-corrected chi connectivity index (χ4v) is 8.17. The number of hydrogen-bond donors (Lipinski definition) is 3. The summed E-state index contributed by atoms with van der Waals surface area (Å²) in [7, 11) is -4.31. The third-order valence-corrected chi connectivity index (χ3v) is 10.8. The Morgan fingerprint density at radius 3 is 2.46 bits per heavy atom. The summed E-state index contributed by atoms with van der Waals surface area (Å²) in [6.07, 6.45) is 2.35. The van der Waals surface area contributed by atoms with Gasteiger partial charge < -0.3 is 15.7 Å². The topological polar surface area (TPSA) is 173 Å². The van der Waals surface area contributed by atoms with Crippen molar-refractivity contribution in [2.24, 2.45) is 0 Å². The van der Waals surface area contributed by atoms with Crippen LogP contribution in [0, 0.1) is 11.3 Å². The fourth-order valence-electron chi connectivity index (χ4n) is 5.95. The normalized spacial score (nSPS) is 20.8. The molecule has 0 radical (unpaired) electrons. The number of anilines is 1. The van der Waals surface area contributed by atoms with Crippen molar-refractivity contribution in [3.63, 3.8) is 0 Å². The summed E-state index contributed by atoms with van der Waals surface area (Å²) in [6, 6.07) is 10.4. The van der Waals surface area contributed by atoms with E-state index in [1.54, 1.807) is 24.3 Å². The van der Waals surface area contributed by atoms with Crippen LogP contribution in [0.5, 0.6) is 0 Å². The van der Waals surface area contributed by atoms with Crippen LogP contribution in [0.1, 0.15) is 40.7 Å². The number of carboxylic acids is 1. The number of carbonyl (C=O) groups is 3. The second-order valence-corrected chi connectivity index (χ2v) is 14.3. The van der Waals surface area contributed by atoms with Crippen LogP contribution in [0.2, 0.25) is 10.0 Å². The molecule has 2 aliphatic heterocycles. The lowest BCUT2D eigenvalue weighted by molar-refractivity contribution is -0.142. The van der Waals surface area contributed by atoms with E-state index in [-0.39, 0.29) is 52.0 Å². The van der Waals surface area contributed by atoms with Gasteiger partial charge in [0, 0.05) is 43.6 Å². The molecule has 48 heavy (non-hydrogen) atoms. The van der Waals surface area contributed by atoms with Crippen LogP contribution in [0.25, 0.3) is 0 Å². The number of piperidine rings is 1. The largest absolute Gasteiger partial charge is 0.480 e. The van der Waals surface area contributed by atoms with Gasteiger partial charge in [0.25, 0.3) is 5.91 Å². The molecule has 1 unspecified atom stereocenters. The second kappa shape index (κ2) is 15.0. The quantitative estimate of drug-likeness (QED) is 0.281. The maximum absolute atomic E-state index is 14.3. The maximum Gasteiger partial charge on any atom is 0.326 e. The molecule has 2 aromatic carbocycles. The van der Waals surface area contributed by atoms with Crippen molar-refractivity contribution in [3.8, 4) is 6.07 Å². The fraction of sp³-hybridized carbons (Fsp3) is 0.344. The Labute approximate surface area is 286 Å². The smallest absolute Gasteiger partial charge is 0.326 e. The highest BCUT2D eigenvalue weighted by atomic mass is 35.5. The minimum atomic E-state index is -4.31. The molecule has 2 fully saturated rings. The Balaban J connectivity index is 1.32. The number of aromatic nitrogens is 1. The number of nitriles is 1. The van der Waals surface area contributed by atoms with Gasteiger partial charge in [0.15, 0.2) is 0 Å². The summed E-state index contributed by atoms with van der Waals surface area (Å²) < 4.78 is 43.0. The lowest BCUT2D eigenvalue weighted by atomic mass is 10.0. The van der Waals surface area contributed by atoms with E-state index in [0.717, 1.165) is 4.31 Å². The van der Waals surface area contributed by atoms with Gasteiger partial charge in [-0.1, -0.05) is 41.4 Å². The minimum absolute atomic E-state index is 0.0297. The average Bonchev–Trinajstić information content (AvgIpc) is 3.52. The highest BCUT2D eigenvalue weighted by Crippen LogP contribution is 2.31. The van der Waals surface area contributed by atoms with Crippen LogP contribution in [0.15, 0.2) is 65.8 Å². The molecular weight excluding hydrogens is 686 g/mol. The van der Waals surface area contributed by atoms with Crippen LogP contribution in [-0.2, 0) is 26.0 Å². The number of rotatable bonds is 10. The molecule has 3 heterocycles. The lowest BCUT2D eigenvalue weighted by Crippen LogP contribution is -2.51. The van der Waals surface area contributed by atoms with Crippen LogP contribution in [0.3, 0.4) is 0 Å². The second-order valence-electron chi connectivity index (χ2n) is 11.6. The number of benzene rings is 2. The molecule has 0 bridgehead atoms. The van der Waals surface area contributed by atoms with E-state index < -0.39 is 52.1 Å². The standard InChI is InChI=1S/C32H31Cl2FN6O6S/c33-25-15-37-16-26(34)29(25)31(43)38-22-8-6-19(7-9-22)12-27(32(44)45)39-30(42)28-13-23(40-10-2-4-21(35)17-40)18-41(28)48(46,47)24-5-1-3-20(11-24)14-36/h1,3,5-9,11,15-16,21,23,27-28H,2,4,10,12-13,17-18H2,(H,38,43)(H,39,42)(H,44,45)/t21?,23-,27+,28+/m1/s1. The van der Waals surface area contributed by atoms with Gasteiger partial charge in [0.1, 0.15) is 18.3 Å². The number of halogens is 3. The average molecular weight is 718 g/mol. The number of carboxylic acid groups (broad SMARTS) is 1. The summed E-state index contributed by atoms with van der Waals surface area (Å²) >= 11 is 12.1. The lowest BCUT2D eigenvalue weighted by Gasteiger charge is -2.33. The molecule has 3 aromatic rings. The molecule has 12 nitrogen and oxygen atoms in total. The van der Waals surface area contributed by atoms with Gasteiger partial charge in [-0.25, -0.2) is 17.6 Å². The summed E-state index contributed by atoms with van der Waals surface area (Å²) in [4.78, 5) is 44.2. The first-order valence-corrected chi connectivity index (χ1v) is 17.2. The molecule has 2 saturated heterocycles. The minimum Gasteiger partial charge on any atom is -0.480 e. The van der Waals surface area contributed by atoms with Gasteiger partial charge in [0.05, 0.1) is 32.1 Å². The molecule has 2 aliphatic rings. The number of sulfonamides is 1. The summed E-state index contributed by atoms with van der Waals surface area (Å²) in [5.74, 6) is -2.73. The van der Waals surface area contributed by atoms with Gasteiger partial charge >= 0.3 is 5.97 Å². The highest BCUT2D eigenvalue weighted by Gasteiger charge is 2.47. The van der Waals surface area contributed by atoms with E-state index in [2.05, 4.69) is 15.6 Å². The third kappa shape index (κ3) is 7.94.